The van der Waals surface area contributed by atoms with Crippen molar-refractivity contribution in [2.24, 2.45) is 0 Å². The average Bonchev–Trinajstić information content (AvgIpc) is 2.38. The van der Waals surface area contributed by atoms with E-state index in [1.807, 2.05) is 0 Å². The van der Waals surface area contributed by atoms with Crippen LogP contribution in [0.2, 0.25) is 0 Å². The van der Waals surface area contributed by atoms with Gasteiger partial charge in [-0.15, -0.1) is 0 Å². The molecule has 1 rings (SSSR count). The number of carbonyl (C=O) groups excluding carboxylic acids is 1. The highest BCUT2D eigenvalue weighted by Gasteiger charge is 2.40. The Morgan fingerprint density at radius 2 is 2.10 bits per heavy atom. The summed E-state index contributed by atoms with van der Waals surface area (Å²) in [6.45, 7) is -0.0489. The summed E-state index contributed by atoms with van der Waals surface area (Å²) in [7, 11) is 0. The van der Waals surface area contributed by atoms with E-state index in [2.05, 4.69) is 10.1 Å². The van der Waals surface area contributed by atoms with Gasteiger partial charge in [0, 0.05) is 11.4 Å². The third-order valence-corrected chi connectivity index (χ3v) is 2.61. The van der Waals surface area contributed by atoms with Crippen LogP contribution in [0.3, 0.4) is 0 Å². The quantitative estimate of drug-likeness (QED) is 0.462. The van der Waals surface area contributed by atoms with Gasteiger partial charge in [-0.1, -0.05) is 0 Å². The summed E-state index contributed by atoms with van der Waals surface area (Å²) in [6, 6.07) is 4.87. The number of anilines is 2. The van der Waals surface area contributed by atoms with Crippen LogP contribution < -0.4 is 11.1 Å². The largest absolute Gasteiger partial charge is 0.399 e. The summed E-state index contributed by atoms with van der Waals surface area (Å²) in [5.41, 5.74) is 7.38. The lowest BCUT2D eigenvalue weighted by atomic mass is 10.2. The topological polar surface area (TPSA) is 64.3 Å². The molecule has 0 aromatic heterocycles. The number of nitrogens with two attached hydrogens (primary N) is 1. The SMILES string of the molecule is Cc1cc(N)ccc1NC(=O)CCOCC(F)(F)C(F)F. The molecule has 0 spiro atoms. The van der Waals surface area contributed by atoms with Gasteiger partial charge in [0.05, 0.1) is 13.0 Å². The van der Waals surface area contributed by atoms with Crippen molar-refractivity contribution in [2.45, 2.75) is 25.7 Å². The van der Waals surface area contributed by atoms with Gasteiger partial charge in [0.25, 0.3) is 0 Å². The lowest BCUT2D eigenvalue weighted by Gasteiger charge is -2.15. The second-order valence-electron chi connectivity index (χ2n) is 4.49. The van der Waals surface area contributed by atoms with E-state index in [1.165, 1.54) is 0 Å². The van der Waals surface area contributed by atoms with Gasteiger partial charge in [-0.05, 0) is 30.7 Å². The molecule has 0 aliphatic rings. The van der Waals surface area contributed by atoms with Gasteiger partial charge in [0.2, 0.25) is 5.91 Å². The normalized spacial score (nSPS) is 11.7. The average molecular weight is 308 g/mol. The zero-order chi connectivity index (χ0) is 16.0. The number of halogens is 4. The fourth-order valence-corrected chi connectivity index (χ4v) is 1.48. The van der Waals surface area contributed by atoms with Crippen molar-refractivity contribution >= 4 is 17.3 Å². The fraction of sp³-hybridized carbons (Fsp3) is 0.462. The van der Waals surface area contributed by atoms with Crippen LogP contribution in [0.15, 0.2) is 18.2 Å². The maximum absolute atomic E-state index is 12.5. The first kappa shape index (κ1) is 17.2. The lowest BCUT2D eigenvalue weighted by Crippen LogP contribution is -2.32. The molecule has 3 N–H and O–H groups in total. The van der Waals surface area contributed by atoms with Gasteiger partial charge < -0.3 is 15.8 Å². The fourth-order valence-electron chi connectivity index (χ4n) is 1.48. The Morgan fingerprint density at radius 1 is 1.43 bits per heavy atom. The Hall–Kier alpha value is -1.83. The van der Waals surface area contributed by atoms with E-state index >= 15 is 0 Å². The number of rotatable bonds is 7. The van der Waals surface area contributed by atoms with Crippen LogP contribution in [0.4, 0.5) is 28.9 Å². The van der Waals surface area contributed by atoms with E-state index in [1.54, 1.807) is 25.1 Å². The number of ether oxygens (including phenoxy) is 1. The number of nitrogen functional groups attached to an aromatic ring is 1. The maximum atomic E-state index is 12.5. The van der Waals surface area contributed by atoms with Crippen LogP contribution in [-0.2, 0) is 9.53 Å². The number of amides is 1. The molecule has 0 unspecified atom stereocenters. The van der Waals surface area contributed by atoms with Crippen molar-refractivity contribution in [1.29, 1.82) is 0 Å². The molecular formula is C13H16F4N2O2. The molecule has 4 nitrogen and oxygen atoms in total. The monoisotopic (exact) mass is 308 g/mol. The minimum atomic E-state index is -4.20. The number of hydrogen-bond acceptors (Lipinski definition) is 3. The van der Waals surface area contributed by atoms with Gasteiger partial charge in [-0.3, -0.25) is 4.79 Å². The van der Waals surface area contributed by atoms with E-state index < -0.39 is 24.9 Å². The zero-order valence-corrected chi connectivity index (χ0v) is 11.3. The molecule has 1 aromatic carbocycles. The number of nitrogens with one attached hydrogen (secondary N) is 1. The number of hydrogen-bond donors (Lipinski definition) is 2. The van der Waals surface area contributed by atoms with Crippen molar-refractivity contribution in [1.82, 2.24) is 0 Å². The van der Waals surface area contributed by atoms with E-state index in [4.69, 9.17) is 5.73 Å². The van der Waals surface area contributed by atoms with Crippen LogP contribution in [0.1, 0.15) is 12.0 Å². The molecule has 1 amide bonds. The molecule has 0 aliphatic carbocycles. The third-order valence-electron chi connectivity index (χ3n) is 2.61. The second-order valence-corrected chi connectivity index (χ2v) is 4.49. The van der Waals surface area contributed by atoms with E-state index in [-0.39, 0.29) is 13.0 Å². The second kappa shape index (κ2) is 7.26. The van der Waals surface area contributed by atoms with E-state index in [9.17, 15) is 22.4 Å². The summed E-state index contributed by atoms with van der Waals surface area (Å²) >= 11 is 0. The molecule has 0 fully saturated rings. The molecule has 0 radical (unpaired) electrons. The van der Waals surface area contributed by atoms with Gasteiger partial charge in [0.1, 0.15) is 6.61 Å². The Morgan fingerprint density at radius 3 is 2.67 bits per heavy atom. The summed E-state index contributed by atoms with van der Waals surface area (Å²) in [4.78, 5) is 11.5. The molecule has 0 atom stereocenters. The van der Waals surface area contributed by atoms with Crippen LogP contribution >= 0.6 is 0 Å². The lowest BCUT2D eigenvalue weighted by molar-refractivity contribution is -0.166. The minimum Gasteiger partial charge on any atom is -0.399 e. The van der Waals surface area contributed by atoms with Gasteiger partial charge in [-0.25, -0.2) is 8.78 Å². The zero-order valence-electron chi connectivity index (χ0n) is 11.3. The molecule has 0 saturated heterocycles. The number of alkyl halides is 4. The molecule has 8 heteroatoms. The Kier molecular flexibility index (Phi) is 5.95. The highest BCUT2D eigenvalue weighted by Crippen LogP contribution is 2.23. The third kappa shape index (κ3) is 5.58. The van der Waals surface area contributed by atoms with Crippen molar-refractivity contribution in [2.75, 3.05) is 24.3 Å². The molecule has 0 saturated carbocycles. The van der Waals surface area contributed by atoms with Gasteiger partial charge in [-0.2, -0.15) is 8.78 Å². The summed E-state index contributed by atoms with van der Waals surface area (Å²) in [6.07, 6.45) is -4.01. The summed E-state index contributed by atoms with van der Waals surface area (Å²) in [5.74, 6) is -4.67. The first-order valence-electron chi connectivity index (χ1n) is 6.12. The summed E-state index contributed by atoms with van der Waals surface area (Å²) in [5, 5.41) is 2.55. The van der Waals surface area contributed by atoms with Crippen LogP contribution in [0, 0.1) is 6.92 Å². The first-order valence-corrected chi connectivity index (χ1v) is 6.12. The highest BCUT2D eigenvalue weighted by molar-refractivity contribution is 5.91. The van der Waals surface area contributed by atoms with Crippen molar-refractivity contribution in [3.05, 3.63) is 23.8 Å². The molecule has 0 bridgehead atoms. The van der Waals surface area contributed by atoms with Crippen LogP contribution in [0.25, 0.3) is 0 Å². The van der Waals surface area contributed by atoms with Crippen molar-refractivity contribution in [3.63, 3.8) is 0 Å². The minimum absolute atomic E-state index is 0.219. The standard InChI is InChI=1S/C13H16F4N2O2/c1-8-6-9(18)2-3-10(8)19-11(20)4-5-21-7-13(16,17)12(14)15/h2-3,6,12H,4-5,7,18H2,1H3,(H,19,20). The first-order chi connectivity index (χ1) is 9.72. The molecule has 1 aromatic rings. The van der Waals surface area contributed by atoms with E-state index in [0.29, 0.717) is 11.4 Å². The van der Waals surface area contributed by atoms with Gasteiger partial charge >= 0.3 is 12.3 Å². The maximum Gasteiger partial charge on any atom is 0.330 e. The Balaban J connectivity index is 2.35. The van der Waals surface area contributed by atoms with Crippen molar-refractivity contribution < 1.29 is 27.1 Å². The van der Waals surface area contributed by atoms with E-state index in [0.717, 1.165) is 5.56 Å². The molecule has 118 valence electrons. The Bertz CT molecular complexity index is 495. The summed E-state index contributed by atoms with van der Waals surface area (Å²) < 4.78 is 53.1. The van der Waals surface area contributed by atoms with Gasteiger partial charge in [0.15, 0.2) is 0 Å². The molecule has 0 heterocycles. The van der Waals surface area contributed by atoms with Crippen molar-refractivity contribution in [3.8, 4) is 0 Å². The molecular weight excluding hydrogens is 292 g/mol. The number of carbonyl (C=O) groups is 1. The van der Waals surface area contributed by atoms with Crippen LogP contribution in [-0.4, -0.2) is 31.5 Å². The predicted molar refractivity (Wildman–Crippen MR) is 70.6 cm³/mol. The predicted octanol–water partition coefficient (Wildman–Crippen LogP) is 2.82. The number of benzene rings is 1. The highest BCUT2D eigenvalue weighted by atomic mass is 19.3. The number of aryl methyl sites for hydroxylation is 1. The molecule has 21 heavy (non-hydrogen) atoms. The smallest absolute Gasteiger partial charge is 0.330 e. The molecule has 0 aliphatic heterocycles. The van der Waals surface area contributed by atoms with Crippen LogP contribution in [0.5, 0.6) is 0 Å². The Labute approximate surface area is 119 Å².